The van der Waals surface area contributed by atoms with Crippen LogP contribution in [0.25, 0.3) is 0 Å². The Morgan fingerprint density at radius 1 is 1.11 bits per heavy atom. The molecule has 1 atom stereocenters. The molecule has 2 N–H and O–H groups in total. The zero-order valence-corrected chi connectivity index (χ0v) is 12.0. The van der Waals surface area contributed by atoms with Crippen molar-refractivity contribution in [1.82, 2.24) is 0 Å². The van der Waals surface area contributed by atoms with Crippen LogP contribution < -0.4 is 19.9 Å². The maximum absolute atomic E-state index is 6.17. The van der Waals surface area contributed by atoms with E-state index in [1.54, 1.807) is 20.3 Å². The SMILES string of the molecule is CCCC(N)c1cc(Cl)c(OC)c(OC)c1OC. The van der Waals surface area contributed by atoms with Crippen LogP contribution in [0.15, 0.2) is 6.07 Å². The molecular formula is C13H20ClNO3. The van der Waals surface area contributed by atoms with Gasteiger partial charge in [-0.15, -0.1) is 0 Å². The summed E-state index contributed by atoms with van der Waals surface area (Å²) in [4.78, 5) is 0. The molecule has 1 aromatic carbocycles. The Kier molecular flexibility index (Phi) is 5.56. The van der Waals surface area contributed by atoms with Crippen LogP contribution in [0.5, 0.6) is 17.2 Å². The Hall–Kier alpha value is -1.13. The highest BCUT2D eigenvalue weighted by Crippen LogP contribution is 2.46. The second-order valence-corrected chi connectivity index (χ2v) is 4.35. The summed E-state index contributed by atoms with van der Waals surface area (Å²) in [7, 11) is 4.66. The molecular weight excluding hydrogens is 254 g/mol. The third-order valence-electron chi connectivity index (χ3n) is 2.79. The second-order valence-electron chi connectivity index (χ2n) is 3.94. The van der Waals surface area contributed by atoms with Crippen molar-refractivity contribution in [2.45, 2.75) is 25.8 Å². The highest BCUT2D eigenvalue weighted by atomic mass is 35.5. The van der Waals surface area contributed by atoms with E-state index in [1.165, 1.54) is 7.11 Å². The van der Waals surface area contributed by atoms with Crippen LogP contribution in [-0.2, 0) is 0 Å². The van der Waals surface area contributed by atoms with Crippen LogP contribution in [0.4, 0.5) is 0 Å². The lowest BCUT2D eigenvalue weighted by molar-refractivity contribution is 0.320. The van der Waals surface area contributed by atoms with Crippen molar-refractivity contribution in [3.8, 4) is 17.2 Å². The predicted octanol–water partition coefficient (Wildman–Crippen LogP) is 3.17. The average Bonchev–Trinajstić information content (AvgIpc) is 2.37. The molecule has 0 radical (unpaired) electrons. The molecule has 4 nitrogen and oxygen atoms in total. The minimum absolute atomic E-state index is 0.137. The Morgan fingerprint density at radius 2 is 1.67 bits per heavy atom. The molecule has 5 heteroatoms. The van der Waals surface area contributed by atoms with Gasteiger partial charge in [-0.25, -0.2) is 0 Å². The lowest BCUT2D eigenvalue weighted by atomic mass is 10.0. The molecule has 0 fully saturated rings. The molecule has 0 aliphatic carbocycles. The van der Waals surface area contributed by atoms with E-state index in [9.17, 15) is 0 Å². The van der Waals surface area contributed by atoms with Gasteiger partial charge >= 0.3 is 0 Å². The number of ether oxygens (including phenoxy) is 3. The summed E-state index contributed by atoms with van der Waals surface area (Å²) in [6.07, 6.45) is 1.83. The van der Waals surface area contributed by atoms with Crippen LogP contribution in [0.2, 0.25) is 5.02 Å². The lowest BCUT2D eigenvalue weighted by Gasteiger charge is -2.20. The topological polar surface area (TPSA) is 53.7 Å². The number of nitrogens with two attached hydrogens (primary N) is 1. The summed E-state index contributed by atoms with van der Waals surface area (Å²) >= 11 is 6.17. The molecule has 0 bridgehead atoms. The molecule has 0 amide bonds. The van der Waals surface area contributed by atoms with E-state index < -0.39 is 0 Å². The van der Waals surface area contributed by atoms with E-state index in [-0.39, 0.29) is 6.04 Å². The number of hydrogen-bond donors (Lipinski definition) is 1. The molecule has 1 unspecified atom stereocenters. The molecule has 0 heterocycles. The quantitative estimate of drug-likeness (QED) is 0.865. The summed E-state index contributed by atoms with van der Waals surface area (Å²) in [5.41, 5.74) is 6.97. The molecule has 0 aromatic heterocycles. The smallest absolute Gasteiger partial charge is 0.205 e. The maximum atomic E-state index is 6.17. The zero-order chi connectivity index (χ0) is 13.7. The summed E-state index contributed by atoms with van der Waals surface area (Å²) in [6, 6.07) is 1.64. The standard InChI is InChI=1S/C13H20ClNO3/c1-5-6-10(15)8-7-9(14)12(17-3)13(18-4)11(8)16-2/h7,10H,5-6,15H2,1-4H3. The maximum Gasteiger partial charge on any atom is 0.205 e. The van der Waals surface area contributed by atoms with Crippen molar-refractivity contribution in [3.63, 3.8) is 0 Å². The van der Waals surface area contributed by atoms with E-state index in [1.807, 2.05) is 0 Å². The molecule has 102 valence electrons. The number of methoxy groups -OCH3 is 3. The highest BCUT2D eigenvalue weighted by Gasteiger charge is 2.22. The van der Waals surface area contributed by atoms with Crippen molar-refractivity contribution < 1.29 is 14.2 Å². The highest BCUT2D eigenvalue weighted by molar-refractivity contribution is 6.32. The Labute approximate surface area is 113 Å². The Balaban J connectivity index is 3.39. The van der Waals surface area contributed by atoms with Gasteiger partial charge in [0, 0.05) is 11.6 Å². The fraction of sp³-hybridized carbons (Fsp3) is 0.538. The van der Waals surface area contributed by atoms with Gasteiger partial charge in [-0.05, 0) is 12.5 Å². The molecule has 0 aliphatic heterocycles. The minimum atomic E-state index is -0.137. The van der Waals surface area contributed by atoms with Gasteiger partial charge in [0.05, 0.1) is 26.4 Å². The third kappa shape index (κ3) is 2.82. The van der Waals surface area contributed by atoms with Gasteiger partial charge < -0.3 is 19.9 Å². The summed E-state index contributed by atoms with van der Waals surface area (Å²) in [5.74, 6) is 1.53. The van der Waals surface area contributed by atoms with Crippen molar-refractivity contribution >= 4 is 11.6 Å². The summed E-state index contributed by atoms with van der Waals surface area (Å²) < 4.78 is 15.9. The fourth-order valence-electron chi connectivity index (χ4n) is 1.94. The first-order chi connectivity index (χ1) is 8.60. The van der Waals surface area contributed by atoms with E-state index in [2.05, 4.69) is 6.92 Å². The van der Waals surface area contributed by atoms with Crippen molar-refractivity contribution in [2.75, 3.05) is 21.3 Å². The van der Waals surface area contributed by atoms with E-state index in [0.29, 0.717) is 22.3 Å². The molecule has 0 saturated heterocycles. The zero-order valence-electron chi connectivity index (χ0n) is 11.2. The number of benzene rings is 1. The van der Waals surface area contributed by atoms with Gasteiger partial charge in [0.15, 0.2) is 11.5 Å². The van der Waals surface area contributed by atoms with Crippen LogP contribution in [-0.4, -0.2) is 21.3 Å². The molecule has 1 rings (SSSR count). The largest absolute Gasteiger partial charge is 0.492 e. The van der Waals surface area contributed by atoms with Gasteiger partial charge in [-0.1, -0.05) is 24.9 Å². The minimum Gasteiger partial charge on any atom is -0.492 e. The summed E-state index contributed by atoms with van der Waals surface area (Å²) in [5, 5.41) is 0.469. The van der Waals surface area contributed by atoms with Crippen LogP contribution in [0.3, 0.4) is 0 Å². The first-order valence-electron chi connectivity index (χ1n) is 5.84. The van der Waals surface area contributed by atoms with Gasteiger partial charge in [0.2, 0.25) is 5.75 Å². The van der Waals surface area contributed by atoms with Gasteiger partial charge in [-0.2, -0.15) is 0 Å². The normalized spacial score (nSPS) is 12.1. The van der Waals surface area contributed by atoms with Crippen molar-refractivity contribution in [2.24, 2.45) is 5.73 Å². The second kappa shape index (κ2) is 6.71. The Bertz CT molecular complexity index is 410. The number of hydrogen-bond acceptors (Lipinski definition) is 4. The first-order valence-corrected chi connectivity index (χ1v) is 6.22. The average molecular weight is 274 g/mol. The third-order valence-corrected chi connectivity index (χ3v) is 3.07. The molecule has 0 spiro atoms. The van der Waals surface area contributed by atoms with E-state index in [0.717, 1.165) is 18.4 Å². The van der Waals surface area contributed by atoms with E-state index in [4.69, 9.17) is 31.5 Å². The first kappa shape index (κ1) is 14.9. The molecule has 0 aliphatic rings. The molecule has 18 heavy (non-hydrogen) atoms. The lowest BCUT2D eigenvalue weighted by Crippen LogP contribution is -2.12. The molecule has 0 saturated carbocycles. The predicted molar refractivity (Wildman–Crippen MR) is 72.9 cm³/mol. The number of rotatable bonds is 6. The van der Waals surface area contributed by atoms with Crippen LogP contribution in [0.1, 0.15) is 31.4 Å². The fourth-order valence-corrected chi connectivity index (χ4v) is 2.22. The number of halogens is 1. The van der Waals surface area contributed by atoms with Crippen LogP contribution in [0, 0.1) is 0 Å². The Morgan fingerprint density at radius 3 is 2.11 bits per heavy atom. The summed E-state index contributed by atoms with van der Waals surface area (Å²) in [6.45, 7) is 2.08. The van der Waals surface area contributed by atoms with E-state index >= 15 is 0 Å². The van der Waals surface area contributed by atoms with Gasteiger partial charge in [0.1, 0.15) is 0 Å². The molecule has 1 aromatic rings. The monoisotopic (exact) mass is 273 g/mol. The van der Waals surface area contributed by atoms with Crippen molar-refractivity contribution in [1.29, 1.82) is 0 Å². The van der Waals surface area contributed by atoms with Gasteiger partial charge in [-0.3, -0.25) is 0 Å². The van der Waals surface area contributed by atoms with Gasteiger partial charge in [0.25, 0.3) is 0 Å². The van der Waals surface area contributed by atoms with Crippen molar-refractivity contribution in [3.05, 3.63) is 16.7 Å². The van der Waals surface area contributed by atoms with Crippen LogP contribution >= 0.6 is 11.6 Å².